The summed E-state index contributed by atoms with van der Waals surface area (Å²) in [6.45, 7) is 10.2. The molecule has 5 heteroatoms. The van der Waals surface area contributed by atoms with Crippen LogP contribution in [-0.4, -0.2) is 26.3 Å². The molecule has 0 saturated carbocycles. The van der Waals surface area contributed by atoms with E-state index in [1.807, 2.05) is 5.70 Å². The molecule has 0 aliphatic heterocycles. The van der Waals surface area contributed by atoms with E-state index >= 15 is 0 Å². The van der Waals surface area contributed by atoms with Crippen LogP contribution in [0.4, 0.5) is 0 Å². The summed E-state index contributed by atoms with van der Waals surface area (Å²) in [6.07, 6.45) is 0. The van der Waals surface area contributed by atoms with E-state index in [0.29, 0.717) is 0 Å². The minimum Gasteiger partial charge on any atom is -0.463 e. The average Bonchev–Trinajstić information content (AvgIpc) is 1.91. The van der Waals surface area contributed by atoms with Gasteiger partial charge in [0.05, 0.1) is 0 Å². The molecule has 9 heavy (non-hydrogen) atoms. The van der Waals surface area contributed by atoms with Gasteiger partial charge >= 0.3 is 0 Å². The first-order valence-corrected chi connectivity index (χ1v) is 5.28. The van der Waals surface area contributed by atoms with Crippen molar-refractivity contribution < 1.29 is 30.0 Å². The van der Waals surface area contributed by atoms with Gasteiger partial charge in [-0.3, -0.25) is 4.79 Å². The smallest absolute Gasteiger partial charge is 0.281 e. The zero-order chi connectivity index (χ0) is 6.99. The van der Waals surface area contributed by atoms with Crippen LogP contribution in [0, 0.1) is 0 Å². The summed E-state index contributed by atoms with van der Waals surface area (Å²) in [5.41, 5.74) is 1.92. The SMILES string of the molecule is C=C[SiH](C)O[SiH3].[C]=O.[Pt]. The minimum atomic E-state index is -0.835. The molecule has 0 fully saturated rings. The monoisotopic (exact) mass is 341 g/mol. The predicted octanol–water partition coefficient (Wildman–Crippen LogP) is -1.04. The molecule has 0 spiro atoms. The molecule has 1 atom stereocenters. The number of rotatable bonds is 2. The zero-order valence-corrected chi connectivity index (χ0v) is 10.9. The molecular weight excluding hydrogens is 331 g/mol. The van der Waals surface area contributed by atoms with E-state index in [2.05, 4.69) is 19.9 Å². The first-order chi connectivity index (χ1) is 3.81. The van der Waals surface area contributed by atoms with Gasteiger partial charge in [-0.15, -0.1) is 6.58 Å². The van der Waals surface area contributed by atoms with Crippen molar-refractivity contribution in [2.24, 2.45) is 0 Å². The Hall–Kier alpha value is 0.492. The molecule has 0 aromatic heterocycles. The predicted molar refractivity (Wildman–Crippen MR) is 39.9 cm³/mol. The zero-order valence-electron chi connectivity index (χ0n) is 5.49. The van der Waals surface area contributed by atoms with E-state index in [1.165, 1.54) is 0 Å². The molecule has 2 radical (unpaired) electrons. The quantitative estimate of drug-likeness (QED) is 0.600. The van der Waals surface area contributed by atoms with Crippen molar-refractivity contribution in [2.45, 2.75) is 6.55 Å². The number of hydrogen-bond donors (Lipinski definition) is 0. The van der Waals surface area contributed by atoms with Crippen LogP contribution in [-0.2, 0) is 30.0 Å². The van der Waals surface area contributed by atoms with Crippen molar-refractivity contribution in [2.75, 3.05) is 0 Å². The Morgan fingerprint density at radius 3 is 2.11 bits per heavy atom. The van der Waals surface area contributed by atoms with E-state index in [4.69, 9.17) is 8.91 Å². The van der Waals surface area contributed by atoms with Crippen LogP contribution < -0.4 is 0 Å². The second-order valence-corrected chi connectivity index (χ2v) is 4.94. The second-order valence-electron chi connectivity index (χ2n) is 1.18. The fraction of sp³-hybridized carbons (Fsp3) is 0.250. The van der Waals surface area contributed by atoms with Crippen LogP contribution >= 0.6 is 0 Å². The van der Waals surface area contributed by atoms with Gasteiger partial charge in [-0.25, -0.2) is 0 Å². The van der Waals surface area contributed by atoms with Gasteiger partial charge in [0.15, 0.2) is 9.04 Å². The van der Waals surface area contributed by atoms with Crippen molar-refractivity contribution in [1.82, 2.24) is 0 Å². The molecular formula is C4H10O2PtSi2. The molecule has 0 heterocycles. The van der Waals surface area contributed by atoms with Crippen molar-refractivity contribution in [3.05, 3.63) is 12.3 Å². The van der Waals surface area contributed by atoms with Crippen LogP contribution in [0.25, 0.3) is 0 Å². The molecule has 0 aromatic rings. The van der Waals surface area contributed by atoms with Crippen molar-refractivity contribution in [3.63, 3.8) is 0 Å². The molecule has 0 N–H and O–H groups in total. The van der Waals surface area contributed by atoms with Gasteiger partial charge in [-0.05, 0) is 6.55 Å². The maximum atomic E-state index is 7.50. The Kier molecular flexibility index (Phi) is 28.5. The second kappa shape index (κ2) is 15.8. The van der Waals surface area contributed by atoms with Gasteiger partial charge in [-0.2, -0.15) is 0 Å². The molecule has 2 nitrogen and oxygen atoms in total. The summed E-state index contributed by atoms with van der Waals surface area (Å²) in [5.74, 6) is 0. The van der Waals surface area contributed by atoms with Gasteiger partial charge in [0.2, 0.25) is 0 Å². The number of carbonyl (C=O) groups excluding carboxylic acids is 1. The first kappa shape index (κ1) is 16.2. The van der Waals surface area contributed by atoms with E-state index in [9.17, 15) is 0 Å². The molecule has 0 aromatic carbocycles. The van der Waals surface area contributed by atoms with E-state index in [1.54, 1.807) is 0 Å². The summed E-state index contributed by atoms with van der Waals surface area (Å²) >= 11 is 0. The molecule has 0 saturated heterocycles. The third-order valence-electron chi connectivity index (χ3n) is 0.704. The van der Waals surface area contributed by atoms with E-state index < -0.39 is 9.04 Å². The molecule has 0 aliphatic rings. The maximum absolute atomic E-state index is 7.50. The van der Waals surface area contributed by atoms with Crippen molar-refractivity contribution >= 4 is 26.3 Å². The Labute approximate surface area is 75.2 Å². The summed E-state index contributed by atoms with van der Waals surface area (Å²) in [6, 6.07) is 0. The summed E-state index contributed by atoms with van der Waals surface area (Å²) in [4.78, 5) is 7.50. The Morgan fingerprint density at radius 1 is 1.78 bits per heavy atom. The third kappa shape index (κ3) is 17.7. The molecule has 0 rings (SSSR count). The van der Waals surface area contributed by atoms with E-state index in [-0.39, 0.29) is 21.1 Å². The third-order valence-corrected chi connectivity index (χ3v) is 4.34. The van der Waals surface area contributed by atoms with E-state index in [0.717, 1.165) is 10.5 Å². The number of hydrogen-bond acceptors (Lipinski definition) is 2. The van der Waals surface area contributed by atoms with Crippen LogP contribution in [0.5, 0.6) is 0 Å². The molecule has 0 amide bonds. The van der Waals surface area contributed by atoms with Gasteiger partial charge in [0.1, 0.15) is 10.5 Å². The largest absolute Gasteiger partial charge is 0.463 e. The van der Waals surface area contributed by atoms with Crippen LogP contribution in [0.1, 0.15) is 0 Å². The normalized spacial score (nSPS) is 9.89. The standard InChI is InChI=1S/C3H10OSi2.CO.Pt/c1-3-6(2)4-5;1-2;/h3,6H,1H2,2,5H3;;. The first-order valence-electron chi connectivity index (χ1n) is 2.17. The summed E-state index contributed by atoms with van der Waals surface area (Å²) in [5, 5.41) is 0. The molecule has 1 unspecified atom stereocenters. The summed E-state index contributed by atoms with van der Waals surface area (Å²) in [7, 11) is 0.0381. The van der Waals surface area contributed by atoms with Crippen molar-refractivity contribution in [3.8, 4) is 0 Å². The molecule has 0 aliphatic carbocycles. The Balaban J connectivity index is -0.000000109. The topological polar surface area (TPSA) is 26.3 Å². The Morgan fingerprint density at radius 2 is 2.11 bits per heavy atom. The fourth-order valence-electron chi connectivity index (χ4n) is 0.0962. The average molecular weight is 341 g/mol. The maximum Gasteiger partial charge on any atom is 0.281 e. The van der Waals surface area contributed by atoms with Crippen LogP contribution in [0.3, 0.4) is 0 Å². The van der Waals surface area contributed by atoms with Crippen molar-refractivity contribution in [1.29, 1.82) is 0 Å². The minimum absolute atomic E-state index is 0. The fourth-order valence-corrected chi connectivity index (χ4v) is 0.866. The van der Waals surface area contributed by atoms with Crippen LogP contribution in [0.2, 0.25) is 6.55 Å². The van der Waals surface area contributed by atoms with Gasteiger partial charge < -0.3 is 4.12 Å². The summed E-state index contributed by atoms with van der Waals surface area (Å²) < 4.78 is 5.06. The van der Waals surface area contributed by atoms with Gasteiger partial charge in [0, 0.05) is 21.1 Å². The van der Waals surface area contributed by atoms with Crippen LogP contribution in [0.15, 0.2) is 12.3 Å². The Bertz CT molecular complexity index is 62.5. The van der Waals surface area contributed by atoms with Gasteiger partial charge in [0.25, 0.3) is 6.79 Å². The molecule has 56 valence electrons. The van der Waals surface area contributed by atoms with Gasteiger partial charge in [-0.1, -0.05) is 5.70 Å². The molecule has 0 bridgehead atoms.